The second-order valence-corrected chi connectivity index (χ2v) is 6.70. The molecular weight excluding hydrogens is 334 g/mol. The first kappa shape index (κ1) is 17.0. The van der Waals surface area contributed by atoms with E-state index in [1.54, 1.807) is 18.5 Å². The largest absolute Gasteiger partial charge is 0.326 e. The maximum absolute atomic E-state index is 12.2. The van der Waals surface area contributed by atoms with Crippen LogP contribution in [0.2, 0.25) is 0 Å². The number of carbonyl (C=O) groups excluding carboxylic acids is 1. The minimum atomic E-state index is -0.0925. The molecule has 0 saturated carbocycles. The van der Waals surface area contributed by atoms with E-state index in [4.69, 9.17) is 0 Å². The van der Waals surface area contributed by atoms with Crippen LogP contribution in [-0.4, -0.2) is 20.9 Å². The van der Waals surface area contributed by atoms with Crippen LogP contribution in [0.1, 0.15) is 31.0 Å². The van der Waals surface area contributed by atoms with Gasteiger partial charge in [0.05, 0.1) is 12.1 Å². The molecule has 3 rings (SSSR count). The normalized spacial score (nSPS) is 10.7. The van der Waals surface area contributed by atoms with E-state index in [9.17, 15) is 4.79 Å². The first-order valence-corrected chi connectivity index (χ1v) is 8.86. The van der Waals surface area contributed by atoms with Gasteiger partial charge in [0.15, 0.2) is 5.13 Å². The standard InChI is InChI=1S/C18H19N5OS/c1-12(2)13-4-6-14(7-5-13)21-16(24)10-15-11-25-18(22-15)23-17-19-8-3-9-20-17/h3-9,11-12H,10H2,1-2H3,(H,21,24)(H,19,20,22,23). The zero-order valence-corrected chi connectivity index (χ0v) is 14.9. The van der Waals surface area contributed by atoms with Gasteiger partial charge >= 0.3 is 0 Å². The van der Waals surface area contributed by atoms with Crippen molar-refractivity contribution in [3.63, 3.8) is 0 Å². The summed E-state index contributed by atoms with van der Waals surface area (Å²) in [5.41, 5.74) is 2.75. The van der Waals surface area contributed by atoms with Gasteiger partial charge in [-0.25, -0.2) is 15.0 Å². The van der Waals surface area contributed by atoms with E-state index in [0.29, 0.717) is 22.7 Å². The van der Waals surface area contributed by atoms with E-state index < -0.39 is 0 Å². The van der Waals surface area contributed by atoms with Gasteiger partial charge in [0, 0.05) is 23.5 Å². The highest BCUT2D eigenvalue weighted by atomic mass is 32.1. The average Bonchev–Trinajstić information content (AvgIpc) is 3.03. The number of carbonyl (C=O) groups is 1. The lowest BCUT2D eigenvalue weighted by molar-refractivity contribution is -0.115. The summed E-state index contributed by atoms with van der Waals surface area (Å²) in [4.78, 5) is 24.7. The van der Waals surface area contributed by atoms with Gasteiger partial charge in [0.2, 0.25) is 11.9 Å². The Balaban J connectivity index is 1.56. The molecule has 0 saturated heterocycles. The molecule has 2 N–H and O–H groups in total. The second kappa shape index (κ2) is 7.85. The Kier molecular flexibility index (Phi) is 5.35. The van der Waals surface area contributed by atoms with Crippen LogP contribution in [0, 0.1) is 0 Å². The summed E-state index contributed by atoms with van der Waals surface area (Å²) >= 11 is 1.42. The Morgan fingerprint density at radius 1 is 1.16 bits per heavy atom. The number of hydrogen-bond donors (Lipinski definition) is 2. The van der Waals surface area contributed by atoms with Crippen LogP contribution in [0.25, 0.3) is 0 Å². The van der Waals surface area contributed by atoms with Crippen LogP contribution in [0.5, 0.6) is 0 Å². The van der Waals surface area contributed by atoms with Crippen molar-refractivity contribution in [3.05, 3.63) is 59.4 Å². The number of hydrogen-bond acceptors (Lipinski definition) is 6. The predicted octanol–water partition coefficient (Wildman–Crippen LogP) is 3.98. The fourth-order valence-corrected chi connectivity index (χ4v) is 2.93. The highest BCUT2D eigenvalue weighted by Crippen LogP contribution is 2.20. The molecule has 7 heteroatoms. The van der Waals surface area contributed by atoms with Crippen LogP contribution in [0.4, 0.5) is 16.8 Å². The molecule has 2 aromatic heterocycles. The monoisotopic (exact) mass is 353 g/mol. The quantitative estimate of drug-likeness (QED) is 0.701. The molecule has 3 aromatic rings. The number of nitrogens with zero attached hydrogens (tertiary/aromatic N) is 3. The fraction of sp³-hybridized carbons (Fsp3) is 0.222. The molecule has 0 atom stereocenters. The summed E-state index contributed by atoms with van der Waals surface area (Å²) in [6.45, 7) is 4.28. The van der Waals surface area contributed by atoms with Crippen molar-refractivity contribution < 1.29 is 4.79 Å². The number of amides is 1. The highest BCUT2D eigenvalue weighted by Gasteiger charge is 2.09. The molecule has 0 fully saturated rings. The smallest absolute Gasteiger partial charge is 0.230 e. The third-order valence-corrected chi connectivity index (χ3v) is 4.35. The van der Waals surface area contributed by atoms with E-state index in [-0.39, 0.29) is 12.3 Å². The van der Waals surface area contributed by atoms with E-state index >= 15 is 0 Å². The Bertz CT molecular complexity index is 830. The van der Waals surface area contributed by atoms with Gasteiger partial charge in [-0.15, -0.1) is 11.3 Å². The lowest BCUT2D eigenvalue weighted by Crippen LogP contribution is -2.14. The van der Waals surface area contributed by atoms with Gasteiger partial charge in [0.1, 0.15) is 0 Å². The van der Waals surface area contributed by atoms with Crippen molar-refractivity contribution in [2.24, 2.45) is 0 Å². The van der Waals surface area contributed by atoms with Crippen molar-refractivity contribution in [1.82, 2.24) is 15.0 Å². The highest BCUT2D eigenvalue weighted by molar-refractivity contribution is 7.13. The maximum atomic E-state index is 12.2. The molecule has 128 valence electrons. The van der Waals surface area contributed by atoms with Gasteiger partial charge in [-0.3, -0.25) is 4.79 Å². The summed E-state index contributed by atoms with van der Waals surface area (Å²) in [6.07, 6.45) is 3.53. The van der Waals surface area contributed by atoms with Gasteiger partial charge in [-0.05, 0) is 29.7 Å². The third-order valence-electron chi connectivity index (χ3n) is 3.54. The summed E-state index contributed by atoms with van der Waals surface area (Å²) < 4.78 is 0. The molecular formula is C18H19N5OS. The molecule has 1 amide bonds. The summed E-state index contributed by atoms with van der Waals surface area (Å²) in [5, 5.41) is 8.43. The van der Waals surface area contributed by atoms with E-state index in [0.717, 1.165) is 5.69 Å². The Morgan fingerprint density at radius 2 is 1.88 bits per heavy atom. The number of aromatic nitrogens is 3. The number of thiazole rings is 1. The number of anilines is 3. The Labute approximate surface area is 150 Å². The maximum Gasteiger partial charge on any atom is 0.230 e. The van der Waals surface area contributed by atoms with Crippen LogP contribution >= 0.6 is 11.3 Å². The molecule has 0 aliphatic heterocycles. The number of benzene rings is 1. The summed E-state index contributed by atoms with van der Waals surface area (Å²) in [7, 11) is 0. The van der Waals surface area contributed by atoms with Gasteiger partial charge in [-0.1, -0.05) is 26.0 Å². The van der Waals surface area contributed by atoms with Gasteiger partial charge in [0.25, 0.3) is 0 Å². The van der Waals surface area contributed by atoms with E-state index in [1.807, 2.05) is 29.6 Å². The minimum Gasteiger partial charge on any atom is -0.326 e. The first-order valence-electron chi connectivity index (χ1n) is 7.98. The van der Waals surface area contributed by atoms with Crippen molar-refractivity contribution in [2.75, 3.05) is 10.6 Å². The molecule has 6 nitrogen and oxygen atoms in total. The number of nitrogens with one attached hydrogen (secondary N) is 2. The molecule has 0 radical (unpaired) electrons. The molecule has 0 unspecified atom stereocenters. The first-order chi connectivity index (χ1) is 12.1. The van der Waals surface area contributed by atoms with Gasteiger partial charge in [-0.2, -0.15) is 0 Å². The zero-order chi connectivity index (χ0) is 17.6. The van der Waals surface area contributed by atoms with Crippen molar-refractivity contribution >= 4 is 34.0 Å². The molecule has 25 heavy (non-hydrogen) atoms. The molecule has 0 aliphatic carbocycles. The summed E-state index contributed by atoms with van der Waals surface area (Å²) in [5.74, 6) is 0.863. The van der Waals surface area contributed by atoms with Crippen LogP contribution in [0.15, 0.2) is 48.1 Å². The topological polar surface area (TPSA) is 79.8 Å². The SMILES string of the molecule is CC(C)c1ccc(NC(=O)Cc2csc(Nc3ncccn3)n2)cc1. The average molecular weight is 353 g/mol. The lowest BCUT2D eigenvalue weighted by Gasteiger charge is -2.08. The van der Waals surface area contributed by atoms with E-state index in [2.05, 4.69) is 39.4 Å². The van der Waals surface area contributed by atoms with Crippen molar-refractivity contribution in [1.29, 1.82) is 0 Å². The second-order valence-electron chi connectivity index (χ2n) is 5.84. The molecule has 2 heterocycles. The van der Waals surface area contributed by atoms with Crippen molar-refractivity contribution in [3.8, 4) is 0 Å². The molecule has 0 aliphatic rings. The summed E-state index contributed by atoms with van der Waals surface area (Å²) in [6, 6.07) is 9.66. The van der Waals surface area contributed by atoms with E-state index in [1.165, 1.54) is 16.9 Å². The Morgan fingerprint density at radius 3 is 2.56 bits per heavy atom. The predicted molar refractivity (Wildman–Crippen MR) is 100 cm³/mol. The van der Waals surface area contributed by atoms with Crippen molar-refractivity contribution in [2.45, 2.75) is 26.2 Å². The lowest BCUT2D eigenvalue weighted by atomic mass is 10.0. The number of rotatable bonds is 6. The molecule has 1 aromatic carbocycles. The zero-order valence-electron chi connectivity index (χ0n) is 14.1. The minimum absolute atomic E-state index is 0.0925. The fourth-order valence-electron chi connectivity index (χ4n) is 2.23. The van der Waals surface area contributed by atoms with Gasteiger partial charge < -0.3 is 10.6 Å². The third kappa shape index (κ3) is 4.84. The Hall–Kier alpha value is -2.80. The molecule has 0 spiro atoms. The van der Waals surface area contributed by atoms with Crippen LogP contribution in [-0.2, 0) is 11.2 Å². The van der Waals surface area contributed by atoms with Crippen LogP contribution in [0.3, 0.4) is 0 Å². The van der Waals surface area contributed by atoms with Crippen LogP contribution < -0.4 is 10.6 Å². The molecule has 0 bridgehead atoms.